The van der Waals surface area contributed by atoms with E-state index in [1.807, 2.05) is 0 Å². The molecule has 0 aliphatic heterocycles. The average molecular weight is 367 g/mol. The minimum Gasteiger partial charge on any atom is -0.481 e. The first-order valence-corrected chi connectivity index (χ1v) is 7.07. The second kappa shape index (κ2) is 7.56. The van der Waals surface area contributed by atoms with Crippen LogP contribution in [0, 0.1) is 5.82 Å². The van der Waals surface area contributed by atoms with Crippen LogP contribution in [0.3, 0.4) is 0 Å². The van der Waals surface area contributed by atoms with E-state index in [1.165, 1.54) is 12.1 Å². The number of hydrogen-bond donors (Lipinski definition) is 2. The van der Waals surface area contributed by atoms with Gasteiger partial charge in [0.25, 0.3) is 5.91 Å². The van der Waals surface area contributed by atoms with Gasteiger partial charge in [-0.05, 0) is 30.3 Å². The van der Waals surface area contributed by atoms with E-state index in [9.17, 15) is 14.0 Å². The third-order valence-electron chi connectivity index (χ3n) is 2.54. The summed E-state index contributed by atoms with van der Waals surface area (Å²) in [5.41, 5.74) is 0.549. The molecule has 5 nitrogen and oxygen atoms in total. The van der Waals surface area contributed by atoms with Crippen molar-refractivity contribution in [2.75, 3.05) is 11.9 Å². The van der Waals surface area contributed by atoms with Crippen molar-refractivity contribution in [3.05, 3.63) is 58.8 Å². The van der Waals surface area contributed by atoms with Crippen LogP contribution >= 0.6 is 15.9 Å². The first-order chi connectivity index (χ1) is 10.5. The van der Waals surface area contributed by atoms with Crippen molar-refractivity contribution in [2.24, 2.45) is 0 Å². The molecule has 22 heavy (non-hydrogen) atoms. The van der Waals surface area contributed by atoms with Gasteiger partial charge in [-0.2, -0.15) is 0 Å². The highest BCUT2D eigenvalue weighted by Gasteiger charge is 2.10. The molecular formula is C15H12BrFN2O3. The third kappa shape index (κ3) is 4.85. The van der Waals surface area contributed by atoms with Gasteiger partial charge in [0.1, 0.15) is 0 Å². The number of rotatable bonds is 4. The minimum absolute atomic E-state index is 0.0678. The van der Waals surface area contributed by atoms with Gasteiger partial charge < -0.3 is 10.1 Å². The Kier molecular flexibility index (Phi) is 5.48. The Bertz CT molecular complexity index is 680. The number of nitrogens with one attached hydrogen (secondary N) is 2. The molecule has 3 amide bonds. The van der Waals surface area contributed by atoms with Gasteiger partial charge >= 0.3 is 6.03 Å². The number of ether oxygens (including phenoxy) is 1. The Balaban J connectivity index is 1.81. The standard InChI is InChI=1S/C15H12BrFN2O3/c16-10-6-7-13(12(17)8-10)22-9-14(20)19-15(21)18-11-4-2-1-3-5-11/h1-8H,9H2,(H2,18,19,20,21). The molecule has 0 heterocycles. The summed E-state index contributed by atoms with van der Waals surface area (Å²) in [6, 6.07) is 12.2. The molecular weight excluding hydrogens is 355 g/mol. The van der Waals surface area contributed by atoms with Crippen LogP contribution in [0.5, 0.6) is 5.75 Å². The maximum atomic E-state index is 13.5. The number of para-hydroxylation sites is 1. The van der Waals surface area contributed by atoms with Gasteiger partial charge in [0.2, 0.25) is 0 Å². The van der Waals surface area contributed by atoms with Crippen molar-refractivity contribution in [1.29, 1.82) is 0 Å². The number of halogens is 2. The summed E-state index contributed by atoms with van der Waals surface area (Å²) in [5, 5.41) is 4.57. The number of carbonyl (C=O) groups excluding carboxylic acids is 2. The number of amides is 3. The summed E-state index contributed by atoms with van der Waals surface area (Å²) in [5.74, 6) is -1.35. The van der Waals surface area contributed by atoms with Crippen LogP contribution in [0.1, 0.15) is 0 Å². The maximum absolute atomic E-state index is 13.5. The molecule has 0 aliphatic rings. The van der Waals surface area contributed by atoms with Gasteiger partial charge in [0.15, 0.2) is 18.2 Å². The second-order valence-corrected chi connectivity index (χ2v) is 5.15. The molecule has 0 unspecified atom stereocenters. The van der Waals surface area contributed by atoms with Crippen LogP contribution < -0.4 is 15.4 Å². The quantitative estimate of drug-likeness (QED) is 0.871. The van der Waals surface area contributed by atoms with Crippen LogP contribution in [-0.2, 0) is 4.79 Å². The van der Waals surface area contributed by atoms with Crippen molar-refractivity contribution in [1.82, 2.24) is 5.32 Å². The molecule has 0 atom stereocenters. The largest absolute Gasteiger partial charge is 0.481 e. The fourth-order valence-electron chi connectivity index (χ4n) is 1.58. The summed E-state index contributed by atoms with van der Waals surface area (Å²) in [6.07, 6.45) is 0. The lowest BCUT2D eigenvalue weighted by Crippen LogP contribution is -2.37. The number of urea groups is 1. The van der Waals surface area contributed by atoms with Gasteiger partial charge in [-0.1, -0.05) is 34.1 Å². The van der Waals surface area contributed by atoms with Gasteiger partial charge in [-0.25, -0.2) is 9.18 Å². The van der Waals surface area contributed by atoms with Crippen LogP contribution in [0.15, 0.2) is 53.0 Å². The Morgan fingerprint density at radius 2 is 1.86 bits per heavy atom. The number of benzene rings is 2. The summed E-state index contributed by atoms with van der Waals surface area (Å²) in [6.45, 7) is -0.471. The molecule has 2 N–H and O–H groups in total. The Morgan fingerprint density at radius 1 is 1.14 bits per heavy atom. The first kappa shape index (κ1) is 16.0. The lowest BCUT2D eigenvalue weighted by Gasteiger charge is -2.08. The van der Waals surface area contributed by atoms with E-state index in [2.05, 4.69) is 26.6 Å². The van der Waals surface area contributed by atoms with E-state index in [-0.39, 0.29) is 5.75 Å². The molecule has 7 heteroatoms. The molecule has 2 aromatic carbocycles. The molecule has 0 radical (unpaired) electrons. The van der Waals surface area contributed by atoms with E-state index in [0.29, 0.717) is 10.2 Å². The Morgan fingerprint density at radius 3 is 2.55 bits per heavy atom. The van der Waals surface area contributed by atoms with Gasteiger partial charge in [-0.15, -0.1) is 0 Å². The molecule has 0 fully saturated rings. The van der Waals surface area contributed by atoms with E-state index < -0.39 is 24.4 Å². The minimum atomic E-state index is -0.684. The smallest absolute Gasteiger partial charge is 0.325 e. The highest BCUT2D eigenvalue weighted by molar-refractivity contribution is 9.10. The molecule has 2 aromatic rings. The summed E-state index contributed by atoms with van der Waals surface area (Å²) in [4.78, 5) is 23.1. The molecule has 0 saturated heterocycles. The number of anilines is 1. The number of carbonyl (C=O) groups is 2. The van der Waals surface area contributed by atoms with Crippen LogP contribution in [0.4, 0.5) is 14.9 Å². The van der Waals surface area contributed by atoms with Crippen LogP contribution in [0.25, 0.3) is 0 Å². The average Bonchev–Trinajstić information content (AvgIpc) is 2.47. The number of imide groups is 1. The summed E-state index contributed by atoms with van der Waals surface area (Å²) >= 11 is 3.11. The zero-order valence-electron chi connectivity index (χ0n) is 11.3. The monoisotopic (exact) mass is 366 g/mol. The number of hydrogen-bond acceptors (Lipinski definition) is 3. The van der Waals surface area contributed by atoms with Gasteiger partial charge in [0.05, 0.1) is 0 Å². The maximum Gasteiger partial charge on any atom is 0.325 e. The van der Waals surface area contributed by atoms with Crippen molar-refractivity contribution < 1.29 is 18.7 Å². The summed E-state index contributed by atoms with van der Waals surface area (Å²) in [7, 11) is 0. The van der Waals surface area contributed by atoms with E-state index >= 15 is 0 Å². The lowest BCUT2D eigenvalue weighted by atomic mass is 10.3. The van der Waals surface area contributed by atoms with Crippen molar-refractivity contribution in [2.45, 2.75) is 0 Å². The van der Waals surface area contributed by atoms with Crippen LogP contribution in [0.2, 0.25) is 0 Å². The zero-order valence-corrected chi connectivity index (χ0v) is 12.9. The molecule has 0 bridgehead atoms. The topological polar surface area (TPSA) is 67.4 Å². The predicted molar refractivity (Wildman–Crippen MR) is 83.2 cm³/mol. The highest BCUT2D eigenvalue weighted by atomic mass is 79.9. The molecule has 114 valence electrons. The lowest BCUT2D eigenvalue weighted by molar-refractivity contribution is -0.121. The fraction of sp³-hybridized carbons (Fsp3) is 0.0667. The molecule has 0 aromatic heterocycles. The predicted octanol–water partition coefficient (Wildman–Crippen LogP) is 3.32. The summed E-state index contributed by atoms with van der Waals surface area (Å²) < 4.78 is 19.1. The second-order valence-electron chi connectivity index (χ2n) is 4.23. The highest BCUT2D eigenvalue weighted by Crippen LogP contribution is 2.21. The van der Waals surface area contributed by atoms with Crippen molar-refractivity contribution in [3.8, 4) is 5.75 Å². The van der Waals surface area contributed by atoms with Crippen molar-refractivity contribution >= 4 is 33.6 Å². The van der Waals surface area contributed by atoms with E-state index in [0.717, 1.165) is 0 Å². The Labute approximate surface area is 134 Å². The zero-order chi connectivity index (χ0) is 15.9. The normalized spacial score (nSPS) is 9.91. The van der Waals surface area contributed by atoms with Crippen LogP contribution in [-0.4, -0.2) is 18.5 Å². The van der Waals surface area contributed by atoms with Crippen molar-refractivity contribution in [3.63, 3.8) is 0 Å². The fourth-order valence-corrected chi connectivity index (χ4v) is 1.92. The van der Waals surface area contributed by atoms with Gasteiger partial charge in [0, 0.05) is 10.2 Å². The van der Waals surface area contributed by atoms with E-state index in [1.54, 1.807) is 36.4 Å². The molecule has 0 aliphatic carbocycles. The molecule has 0 saturated carbocycles. The van der Waals surface area contributed by atoms with Gasteiger partial charge in [-0.3, -0.25) is 10.1 Å². The Hall–Kier alpha value is -2.41. The molecule has 0 spiro atoms. The molecule has 2 rings (SSSR count). The first-order valence-electron chi connectivity index (χ1n) is 6.28. The van der Waals surface area contributed by atoms with E-state index in [4.69, 9.17) is 4.74 Å². The third-order valence-corrected chi connectivity index (χ3v) is 3.03. The SMILES string of the molecule is O=C(COc1ccc(Br)cc1F)NC(=O)Nc1ccccc1.